The fourth-order valence-electron chi connectivity index (χ4n) is 5.01. The fourth-order valence-corrected chi connectivity index (χ4v) is 6.74. The van der Waals surface area contributed by atoms with Crippen LogP contribution in [0, 0.1) is 12.8 Å². The lowest BCUT2D eigenvalue weighted by molar-refractivity contribution is -0.139. The highest BCUT2D eigenvalue weighted by Gasteiger charge is 2.32. The van der Waals surface area contributed by atoms with Crippen molar-refractivity contribution in [3.63, 3.8) is 0 Å². The van der Waals surface area contributed by atoms with Crippen molar-refractivity contribution in [2.24, 2.45) is 5.92 Å². The predicted octanol–water partition coefficient (Wildman–Crippen LogP) is 6.23. The molecule has 1 fully saturated rings. The number of aromatic carboxylic acids is 1. The molecule has 0 aliphatic heterocycles. The molecule has 0 saturated heterocycles. The van der Waals surface area contributed by atoms with Crippen molar-refractivity contribution in [2.45, 2.75) is 51.1 Å². The number of carboxylic acids is 1. The fraction of sp³-hybridized carbons (Fsp3) is 0.310. The number of benzene rings is 2. The van der Waals surface area contributed by atoms with E-state index in [1.165, 1.54) is 22.5 Å². The zero-order chi connectivity index (χ0) is 28.6. The van der Waals surface area contributed by atoms with Gasteiger partial charge >= 0.3 is 5.97 Å². The number of nitrogens with zero attached hydrogens (tertiary/aromatic N) is 2. The van der Waals surface area contributed by atoms with Gasteiger partial charge in [-0.3, -0.25) is 9.10 Å². The van der Waals surface area contributed by atoms with E-state index in [4.69, 9.17) is 20.4 Å². The Balaban J connectivity index is 1.53. The molecule has 1 aliphatic carbocycles. The predicted molar refractivity (Wildman–Crippen MR) is 150 cm³/mol. The molecule has 0 unspecified atom stereocenters. The molecule has 1 saturated carbocycles. The molecule has 210 valence electrons. The Hall–Kier alpha value is -3.76. The first-order chi connectivity index (χ1) is 19.1. The largest absolute Gasteiger partial charge is 0.475 e. The zero-order valence-electron chi connectivity index (χ0n) is 22.1. The van der Waals surface area contributed by atoms with Crippen molar-refractivity contribution in [3.05, 3.63) is 82.5 Å². The first-order valence-electron chi connectivity index (χ1n) is 13.0. The number of hydrogen-bond acceptors (Lipinski definition) is 6. The third-order valence-electron chi connectivity index (χ3n) is 7.34. The summed E-state index contributed by atoms with van der Waals surface area (Å²) in [4.78, 5) is 26.6. The number of carbonyl (C=O) groups is 2. The molecule has 0 atom stereocenters. The standard InChI is InChI=1S/C29H29ClN2O7S/c1-3-32(40(36,37)23-10-12-26-24(15-23)18(2)27(39-26)29(34)35)25-11-9-21(30)14-20(25)16-31(17-22-8-5-13-38-22)28(33)19-6-4-7-19/h5,8-15,19H,3-4,6-7,16-17H2,1-2H3,(H,34,35). The molecule has 2 heterocycles. The molecule has 9 nitrogen and oxygen atoms in total. The number of halogens is 1. The number of fused-ring (bicyclic) bond motifs is 1. The maximum atomic E-state index is 14.0. The molecule has 0 bridgehead atoms. The van der Waals surface area contributed by atoms with Gasteiger partial charge in [-0.15, -0.1) is 0 Å². The summed E-state index contributed by atoms with van der Waals surface area (Å²) in [5.74, 6) is -0.904. The summed E-state index contributed by atoms with van der Waals surface area (Å²) < 4.78 is 40.2. The van der Waals surface area contributed by atoms with E-state index in [-0.39, 0.29) is 47.7 Å². The van der Waals surface area contributed by atoms with Crippen molar-refractivity contribution in [1.82, 2.24) is 4.90 Å². The van der Waals surface area contributed by atoms with E-state index < -0.39 is 16.0 Å². The van der Waals surface area contributed by atoms with Gasteiger partial charge in [0.1, 0.15) is 11.3 Å². The lowest BCUT2D eigenvalue weighted by atomic mass is 9.84. The lowest BCUT2D eigenvalue weighted by Gasteiger charge is -2.33. The van der Waals surface area contributed by atoms with Crippen LogP contribution >= 0.6 is 11.6 Å². The number of carbonyl (C=O) groups excluding carboxylic acids is 1. The highest BCUT2D eigenvalue weighted by atomic mass is 35.5. The molecule has 1 N–H and O–H groups in total. The van der Waals surface area contributed by atoms with Gasteiger partial charge < -0.3 is 18.8 Å². The summed E-state index contributed by atoms with van der Waals surface area (Å²) in [6.45, 7) is 3.79. The molecule has 1 amide bonds. The van der Waals surface area contributed by atoms with Gasteiger partial charge in [-0.1, -0.05) is 18.0 Å². The molecule has 0 spiro atoms. The van der Waals surface area contributed by atoms with E-state index in [2.05, 4.69) is 0 Å². The molecule has 1 aliphatic rings. The maximum absolute atomic E-state index is 14.0. The number of carboxylic acid groups (broad SMARTS) is 1. The minimum Gasteiger partial charge on any atom is -0.475 e. The van der Waals surface area contributed by atoms with Gasteiger partial charge in [0.25, 0.3) is 10.0 Å². The second-order valence-electron chi connectivity index (χ2n) is 9.86. The Bertz CT molecular complexity index is 1670. The second-order valence-corrected chi connectivity index (χ2v) is 12.2. The molecule has 4 aromatic rings. The number of hydrogen-bond donors (Lipinski definition) is 1. The lowest BCUT2D eigenvalue weighted by Crippen LogP contribution is -2.39. The summed E-state index contributed by atoms with van der Waals surface area (Å²) in [7, 11) is -4.10. The van der Waals surface area contributed by atoms with E-state index in [0.29, 0.717) is 33.0 Å². The van der Waals surface area contributed by atoms with Crippen molar-refractivity contribution in [3.8, 4) is 0 Å². The average Bonchev–Trinajstić information content (AvgIpc) is 3.51. The van der Waals surface area contributed by atoms with Gasteiger partial charge in [-0.2, -0.15) is 0 Å². The molecule has 5 rings (SSSR count). The van der Waals surface area contributed by atoms with E-state index in [9.17, 15) is 23.1 Å². The highest BCUT2D eigenvalue weighted by molar-refractivity contribution is 7.92. The SMILES string of the molecule is CCN(c1ccc(Cl)cc1CN(Cc1ccco1)C(=O)C1CCC1)S(=O)(=O)c1ccc2oc(C(=O)O)c(C)c2c1. The molecule has 40 heavy (non-hydrogen) atoms. The normalized spacial score (nSPS) is 13.8. The van der Waals surface area contributed by atoms with Crippen molar-refractivity contribution in [1.29, 1.82) is 0 Å². The van der Waals surface area contributed by atoms with Gasteiger partial charge in [-0.25, -0.2) is 13.2 Å². The molecular formula is C29H29ClN2O7S. The summed E-state index contributed by atoms with van der Waals surface area (Å²) in [5, 5.41) is 10.2. The highest BCUT2D eigenvalue weighted by Crippen LogP contribution is 2.35. The molecule has 2 aromatic carbocycles. The summed E-state index contributed by atoms with van der Waals surface area (Å²) >= 11 is 6.37. The minimum absolute atomic E-state index is 0.00500. The van der Waals surface area contributed by atoms with Gasteiger partial charge in [0.15, 0.2) is 0 Å². The number of amides is 1. The van der Waals surface area contributed by atoms with Crippen LogP contribution in [0.25, 0.3) is 11.0 Å². The molecule has 11 heteroatoms. The average molecular weight is 585 g/mol. The van der Waals surface area contributed by atoms with Gasteiger partial charge in [0, 0.05) is 35.0 Å². The summed E-state index contributed by atoms with van der Waals surface area (Å²) in [6.07, 6.45) is 4.20. The second kappa shape index (κ2) is 11.0. The quantitative estimate of drug-likeness (QED) is 0.234. The molecule has 2 aromatic heterocycles. The van der Waals surface area contributed by atoms with E-state index in [1.807, 2.05) is 0 Å². The van der Waals surface area contributed by atoms with Crippen LogP contribution in [0.5, 0.6) is 0 Å². The number of rotatable bonds is 10. The summed E-state index contributed by atoms with van der Waals surface area (Å²) in [5.41, 5.74) is 1.60. The smallest absolute Gasteiger partial charge is 0.372 e. The third kappa shape index (κ3) is 5.21. The Morgan fingerprint density at radius 1 is 1.10 bits per heavy atom. The van der Waals surface area contributed by atoms with Crippen LogP contribution in [0.15, 0.2) is 68.5 Å². The van der Waals surface area contributed by atoms with Gasteiger partial charge in [-0.05, 0) is 80.8 Å². The van der Waals surface area contributed by atoms with Crippen LogP contribution in [0.2, 0.25) is 5.02 Å². The number of furan rings is 2. The topological polar surface area (TPSA) is 121 Å². The molecular weight excluding hydrogens is 556 g/mol. The van der Waals surface area contributed by atoms with Crippen LogP contribution in [-0.4, -0.2) is 36.8 Å². The number of sulfonamides is 1. The zero-order valence-corrected chi connectivity index (χ0v) is 23.7. The Morgan fingerprint density at radius 2 is 1.88 bits per heavy atom. The van der Waals surface area contributed by atoms with Gasteiger partial charge in [0.05, 0.1) is 23.4 Å². The number of aryl methyl sites for hydroxylation is 1. The van der Waals surface area contributed by atoms with Crippen molar-refractivity contribution >= 4 is 50.2 Å². The van der Waals surface area contributed by atoms with Crippen molar-refractivity contribution in [2.75, 3.05) is 10.8 Å². The van der Waals surface area contributed by atoms with E-state index in [0.717, 1.165) is 19.3 Å². The third-order valence-corrected chi connectivity index (χ3v) is 9.46. The summed E-state index contributed by atoms with van der Waals surface area (Å²) in [6, 6.07) is 12.8. The van der Waals surface area contributed by atoms with Crippen LogP contribution in [0.3, 0.4) is 0 Å². The van der Waals surface area contributed by atoms with Crippen LogP contribution < -0.4 is 4.31 Å². The number of anilines is 1. The van der Waals surface area contributed by atoms with E-state index >= 15 is 0 Å². The first-order valence-corrected chi connectivity index (χ1v) is 14.8. The van der Waals surface area contributed by atoms with Crippen LogP contribution in [-0.2, 0) is 27.9 Å². The minimum atomic E-state index is -4.10. The Kier molecular flexibility index (Phi) is 7.65. The van der Waals surface area contributed by atoms with Crippen LogP contribution in [0.1, 0.15) is 53.6 Å². The maximum Gasteiger partial charge on any atom is 0.372 e. The molecule has 0 radical (unpaired) electrons. The monoisotopic (exact) mass is 584 g/mol. The van der Waals surface area contributed by atoms with Crippen LogP contribution in [0.4, 0.5) is 5.69 Å². The van der Waals surface area contributed by atoms with Crippen molar-refractivity contribution < 1.29 is 31.9 Å². The van der Waals surface area contributed by atoms with Gasteiger partial charge in [0.2, 0.25) is 11.7 Å². The Labute approximate surface area is 237 Å². The Morgan fingerprint density at radius 3 is 2.50 bits per heavy atom. The first kappa shape index (κ1) is 27.8. The van der Waals surface area contributed by atoms with E-state index in [1.54, 1.807) is 55.3 Å².